The lowest BCUT2D eigenvalue weighted by Crippen LogP contribution is -2.49. The second-order valence-electron chi connectivity index (χ2n) is 6.07. The Morgan fingerprint density at radius 2 is 2.08 bits per heavy atom. The van der Waals surface area contributed by atoms with Crippen LogP contribution in [0.2, 0.25) is 0 Å². The first-order chi connectivity index (χ1) is 12.6. The molecule has 1 aliphatic rings. The number of amides is 1. The standard InChI is InChI=1S/C18H28N4O4/c1-4-19-17(20-12-13-11-15(25-2)5-6-16(13)23)21-14-7-9-22(10-8-14)18(24)26-3/h5-6,11,14,23H,4,7-10,12H2,1-3H3,(H2,19,20,21). The molecule has 0 atom stereocenters. The Morgan fingerprint density at radius 3 is 2.69 bits per heavy atom. The molecule has 0 saturated carbocycles. The summed E-state index contributed by atoms with van der Waals surface area (Å²) in [5.41, 5.74) is 0.696. The van der Waals surface area contributed by atoms with Gasteiger partial charge in [-0.3, -0.25) is 0 Å². The molecule has 3 N–H and O–H groups in total. The van der Waals surface area contributed by atoms with E-state index in [0.717, 1.165) is 19.4 Å². The van der Waals surface area contributed by atoms with E-state index in [1.165, 1.54) is 7.11 Å². The SMILES string of the molecule is CCNC(=NCc1cc(OC)ccc1O)NC1CCN(C(=O)OC)CC1. The highest BCUT2D eigenvalue weighted by molar-refractivity contribution is 5.80. The monoisotopic (exact) mass is 364 g/mol. The van der Waals surface area contributed by atoms with Crippen molar-refractivity contribution in [3.63, 3.8) is 0 Å². The van der Waals surface area contributed by atoms with Gasteiger partial charge >= 0.3 is 6.09 Å². The molecule has 0 aliphatic carbocycles. The average molecular weight is 364 g/mol. The van der Waals surface area contributed by atoms with Gasteiger partial charge in [-0.05, 0) is 38.0 Å². The Hall–Kier alpha value is -2.64. The van der Waals surface area contributed by atoms with Crippen molar-refractivity contribution in [1.82, 2.24) is 15.5 Å². The van der Waals surface area contributed by atoms with Crippen LogP contribution in [-0.2, 0) is 11.3 Å². The van der Waals surface area contributed by atoms with Crippen molar-refractivity contribution >= 4 is 12.1 Å². The molecule has 26 heavy (non-hydrogen) atoms. The third kappa shape index (κ3) is 5.44. The van der Waals surface area contributed by atoms with Gasteiger partial charge in [0.25, 0.3) is 0 Å². The summed E-state index contributed by atoms with van der Waals surface area (Å²) >= 11 is 0. The molecule has 1 aromatic rings. The number of rotatable bonds is 5. The van der Waals surface area contributed by atoms with Gasteiger partial charge in [0.05, 0.1) is 20.8 Å². The van der Waals surface area contributed by atoms with Crippen LogP contribution in [0.5, 0.6) is 11.5 Å². The topological polar surface area (TPSA) is 95.4 Å². The van der Waals surface area contributed by atoms with E-state index in [0.29, 0.717) is 36.9 Å². The number of nitrogens with one attached hydrogen (secondary N) is 2. The minimum absolute atomic E-state index is 0.191. The molecule has 1 saturated heterocycles. The van der Waals surface area contributed by atoms with Crippen LogP contribution >= 0.6 is 0 Å². The molecule has 8 nitrogen and oxygen atoms in total. The molecule has 1 aliphatic heterocycles. The largest absolute Gasteiger partial charge is 0.508 e. The van der Waals surface area contributed by atoms with E-state index >= 15 is 0 Å². The van der Waals surface area contributed by atoms with Crippen LogP contribution in [0.4, 0.5) is 4.79 Å². The molecular formula is C18H28N4O4. The van der Waals surface area contributed by atoms with Crippen LogP contribution < -0.4 is 15.4 Å². The van der Waals surface area contributed by atoms with Gasteiger partial charge in [0.1, 0.15) is 11.5 Å². The highest BCUT2D eigenvalue weighted by Crippen LogP contribution is 2.23. The highest BCUT2D eigenvalue weighted by atomic mass is 16.5. The maximum Gasteiger partial charge on any atom is 0.409 e. The van der Waals surface area contributed by atoms with Gasteiger partial charge in [-0.25, -0.2) is 9.79 Å². The summed E-state index contributed by atoms with van der Waals surface area (Å²) in [6.07, 6.45) is 1.37. The van der Waals surface area contributed by atoms with Gasteiger partial charge in [0.15, 0.2) is 5.96 Å². The lowest BCUT2D eigenvalue weighted by molar-refractivity contribution is 0.111. The summed E-state index contributed by atoms with van der Waals surface area (Å²) in [5.74, 6) is 1.56. The van der Waals surface area contributed by atoms with E-state index < -0.39 is 0 Å². The number of benzene rings is 1. The van der Waals surface area contributed by atoms with Crippen LogP contribution in [0.25, 0.3) is 0 Å². The minimum Gasteiger partial charge on any atom is -0.508 e. The molecule has 144 valence electrons. The summed E-state index contributed by atoms with van der Waals surface area (Å²) in [5, 5.41) is 16.6. The zero-order valence-corrected chi connectivity index (χ0v) is 15.6. The van der Waals surface area contributed by atoms with E-state index in [-0.39, 0.29) is 17.9 Å². The van der Waals surface area contributed by atoms with Gasteiger partial charge in [0, 0.05) is 31.2 Å². The van der Waals surface area contributed by atoms with Crippen molar-refractivity contribution < 1.29 is 19.4 Å². The number of aliphatic imine (C=N–C) groups is 1. The molecule has 1 heterocycles. The van der Waals surface area contributed by atoms with Crippen LogP contribution in [0.3, 0.4) is 0 Å². The van der Waals surface area contributed by atoms with Crippen molar-refractivity contribution in [2.24, 2.45) is 4.99 Å². The third-order valence-electron chi connectivity index (χ3n) is 4.31. The highest BCUT2D eigenvalue weighted by Gasteiger charge is 2.23. The van der Waals surface area contributed by atoms with Gasteiger partial charge < -0.3 is 30.1 Å². The summed E-state index contributed by atoms with van der Waals surface area (Å²) in [4.78, 5) is 17.8. The maximum atomic E-state index is 11.6. The van der Waals surface area contributed by atoms with Crippen molar-refractivity contribution in [2.75, 3.05) is 33.9 Å². The molecule has 1 fully saturated rings. The van der Waals surface area contributed by atoms with Gasteiger partial charge in [-0.15, -0.1) is 0 Å². The quantitative estimate of drug-likeness (QED) is 0.544. The Labute approximate surface area is 154 Å². The van der Waals surface area contributed by atoms with Crippen molar-refractivity contribution in [1.29, 1.82) is 0 Å². The minimum atomic E-state index is -0.280. The molecule has 1 aromatic carbocycles. The number of aromatic hydroxyl groups is 1. The fourth-order valence-corrected chi connectivity index (χ4v) is 2.83. The molecule has 1 amide bonds. The predicted octanol–water partition coefficient (Wildman–Crippen LogP) is 1.69. The molecule has 2 rings (SSSR count). The fraction of sp³-hybridized carbons (Fsp3) is 0.556. The van der Waals surface area contributed by atoms with E-state index in [2.05, 4.69) is 15.6 Å². The molecule has 0 spiro atoms. The summed E-state index contributed by atoms with van der Waals surface area (Å²) < 4.78 is 9.95. The van der Waals surface area contributed by atoms with Crippen molar-refractivity contribution in [2.45, 2.75) is 32.4 Å². The number of carbonyl (C=O) groups excluding carboxylic acids is 1. The molecular weight excluding hydrogens is 336 g/mol. The summed E-state index contributed by atoms with van der Waals surface area (Å²) in [6.45, 7) is 4.37. The number of hydrogen-bond donors (Lipinski definition) is 3. The number of phenolic OH excluding ortho intramolecular Hbond substituents is 1. The number of phenols is 1. The summed E-state index contributed by atoms with van der Waals surface area (Å²) in [6, 6.07) is 5.32. The van der Waals surface area contributed by atoms with Crippen LogP contribution in [0, 0.1) is 0 Å². The van der Waals surface area contributed by atoms with Gasteiger partial charge in [0.2, 0.25) is 0 Å². The zero-order valence-electron chi connectivity index (χ0n) is 15.6. The van der Waals surface area contributed by atoms with E-state index in [1.54, 1.807) is 30.2 Å². The number of ether oxygens (including phenoxy) is 2. The van der Waals surface area contributed by atoms with Gasteiger partial charge in [-0.2, -0.15) is 0 Å². The predicted molar refractivity (Wildman–Crippen MR) is 99.6 cm³/mol. The van der Waals surface area contributed by atoms with E-state index in [9.17, 15) is 9.90 Å². The number of piperidine rings is 1. The number of carbonyl (C=O) groups is 1. The maximum absolute atomic E-state index is 11.6. The molecule has 8 heteroatoms. The van der Waals surface area contributed by atoms with E-state index in [1.807, 2.05) is 6.92 Å². The Bertz CT molecular complexity index is 628. The Balaban J connectivity index is 1.96. The number of likely N-dealkylation sites (tertiary alicyclic amines) is 1. The van der Waals surface area contributed by atoms with Gasteiger partial charge in [-0.1, -0.05) is 0 Å². The lowest BCUT2D eigenvalue weighted by atomic mass is 10.1. The third-order valence-corrected chi connectivity index (χ3v) is 4.31. The van der Waals surface area contributed by atoms with Crippen LogP contribution in [-0.4, -0.2) is 62.0 Å². The molecule has 0 unspecified atom stereocenters. The first-order valence-corrected chi connectivity index (χ1v) is 8.81. The number of guanidine groups is 1. The lowest BCUT2D eigenvalue weighted by Gasteiger charge is -2.32. The van der Waals surface area contributed by atoms with E-state index in [4.69, 9.17) is 9.47 Å². The first kappa shape index (κ1) is 19.7. The Kier molecular flexibility index (Phi) is 7.37. The number of hydrogen-bond acceptors (Lipinski definition) is 5. The van der Waals surface area contributed by atoms with Crippen LogP contribution in [0.1, 0.15) is 25.3 Å². The molecule has 0 bridgehead atoms. The van der Waals surface area contributed by atoms with Crippen LogP contribution in [0.15, 0.2) is 23.2 Å². The smallest absolute Gasteiger partial charge is 0.409 e. The van der Waals surface area contributed by atoms with Crippen molar-refractivity contribution in [3.05, 3.63) is 23.8 Å². The number of nitrogens with zero attached hydrogens (tertiary/aromatic N) is 2. The van der Waals surface area contributed by atoms with Crippen molar-refractivity contribution in [3.8, 4) is 11.5 Å². The summed E-state index contributed by atoms with van der Waals surface area (Å²) in [7, 11) is 2.99. The first-order valence-electron chi connectivity index (χ1n) is 8.81. The zero-order chi connectivity index (χ0) is 18.9. The second-order valence-corrected chi connectivity index (χ2v) is 6.07. The Morgan fingerprint density at radius 1 is 1.35 bits per heavy atom. The normalized spacial score (nSPS) is 15.5. The average Bonchev–Trinajstić information content (AvgIpc) is 2.67. The molecule has 0 aromatic heterocycles. The fourth-order valence-electron chi connectivity index (χ4n) is 2.83. The number of methoxy groups -OCH3 is 2. The second kappa shape index (κ2) is 9.74. The molecule has 0 radical (unpaired) electrons.